The van der Waals surface area contributed by atoms with Gasteiger partial charge in [0.25, 0.3) is 0 Å². The third-order valence-corrected chi connectivity index (χ3v) is 1.59. The molecular weight excluding hydrogens is 143 g/mol. The Morgan fingerprint density at radius 2 is 1.91 bits per heavy atom. The summed E-state index contributed by atoms with van der Waals surface area (Å²) < 4.78 is 12.4. The van der Waals surface area contributed by atoms with Gasteiger partial charge >= 0.3 is 0 Å². The van der Waals surface area contributed by atoms with Crippen LogP contribution >= 0.6 is 0 Å². The zero-order chi connectivity index (χ0) is 8.85. The van der Waals surface area contributed by atoms with Gasteiger partial charge in [0.05, 0.1) is 6.21 Å². The van der Waals surface area contributed by atoms with Crippen molar-refractivity contribution in [1.29, 1.82) is 0 Å². The van der Waals surface area contributed by atoms with E-state index in [9.17, 15) is 4.39 Å². The van der Waals surface area contributed by atoms with Gasteiger partial charge in [0.2, 0.25) is 5.97 Å². The van der Waals surface area contributed by atoms with Gasteiger partial charge in [0, 0.05) is 13.1 Å². The van der Waals surface area contributed by atoms with Crippen molar-refractivity contribution in [3.8, 4) is 0 Å². The molecule has 0 rings (SSSR count). The number of rotatable bonds is 3. The largest absolute Gasteiger partial charge is 0.285 e. The van der Waals surface area contributed by atoms with Crippen LogP contribution in [0.5, 0.6) is 0 Å². The normalized spacial score (nSPS) is 16.4. The van der Waals surface area contributed by atoms with E-state index in [0.29, 0.717) is 5.92 Å². The third kappa shape index (κ3) is 4.65. The van der Waals surface area contributed by atoms with Crippen LogP contribution in [-0.4, -0.2) is 25.3 Å². The second kappa shape index (κ2) is 4.99. The van der Waals surface area contributed by atoms with E-state index in [0.717, 1.165) is 0 Å². The van der Waals surface area contributed by atoms with Crippen molar-refractivity contribution in [1.82, 2.24) is 0 Å². The zero-order valence-corrected chi connectivity index (χ0v) is 7.50. The molecule has 0 amide bonds. The molecule has 3 heteroatoms. The van der Waals surface area contributed by atoms with Gasteiger partial charge in [-0.15, -0.1) is 0 Å². The Morgan fingerprint density at radius 1 is 1.36 bits per heavy atom. The van der Waals surface area contributed by atoms with Crippen LogP contribution in [0.3, 0.4) is 0 Å². The Hall–Kier alpha value is -0.730. The summed E-state index contributed by atoms with van der Waals surface area (Å²) in [7, 11) is 1.40. The monoisotopic (exact) mass is 158 g/mol. The minimum absolute atomic E-state index is 0.155. The van der Waals surface area contributed by atoms with Crippen LogP contribution in [0, 0.1) is 5.92 Å². The standard InChI is InChI=1S/C8H15FN2/c1-6(2)7(3)11-5-8(9)10-4/h5-7H,1-4H3/b10-8+,11-5-/t7-/m1/s1. The molecule has 0 saturated heterocycles. The van der Waals surface area contributed by atoms with Crippen molar-refractivity contribution >= 4 is 12.2 Å². The quantitative estimate of drug-likeness (QED) is 0.562. The van der Waals surface area contributed by atoms with Crippen molar-refractivity contribution in [2.45, 2.75) is 26.8 Å². The molecular formula is C8H15FN2. The van der Waals surface area contributed by atoms with Crippen LogP contribution in [0.4, 0.5) is 4.39 Å². The lowest BCUT2D eigenvalue weighted by Gasteiger charge is -2.08. The van der Waals surface area contributed by atoms with Gasteiger partial charge in [0.15, 0.2) is 0 Å². The number of halogens is 1. The lowest BCUT2D eigenvalue weighted by molar-refractivity contribution is 0.533. The van der Waals surface area contributed by atoms with Crippen molar-refractivity contribution in [2.75, 3.05) is 7.05 Å². The first kappa shape index (κ1) is 10.3. The fourth-order valence-corrected chi connectivity index (χ4v) is 0.409. The molecule has 0 aliphatic carbocycles. The van der Waals surface area contributed by atoms with Gasteiger partial charge in [-0.25, -0.2) is 0 Å². The topological polar surface area (TPSA) is 24.7 Å². The van der Waals surface area contributed by atoms with Crippen LogP contribution in [0.25, 0.3) is 0 Å². The summed E-state index contributed by atoms with van der Waals surface area (Å²) in [4.78, 5) is 7.28. The first-order chi connectivity index (χ1) is 5.07. The lowest BCUT2D eigenvalue weighted by atomic mass is 10.1. The summed E-state index contributed by atoms with van der Waals surface area (Å²) in [6.07, 6.45) is 1.17. The first-order valence-electron chi connectivity index (χ1n) is 3.73. The van der Waals surface area contributed by atoms with Crippen LogP contribution in [0.15, 0.2) is 9.98 Å². The molecule has 11 heavy (non-hydrogen) atoms. The zero-order valence-electron chi connectivity index (χ0n) is 7.50. The highest BCUT2D eigenvalue weighted by atomic mass is 19.1. The lowest BCUT2D eigenvalue weighted by Crippen LogP contribution is -2.08. The molecule has 0 bridgehead atoms. The van der Waals surface area contributed by atoms with Crippen molar-refractivity contribution in [3.05, 3.63) is 0 Å². The molecule has 0 unspecified atom stereocenters. The Bertz CT molecular complexity index is 161. The highest BCUT2D eigenvalue weighted by Crippen LogP contribution is 2.03. The predicted octanol–water partition coefficient (Wildman–Crippen LogP) is 2.10. The highest BCUT2D eigenvalue weighted by Gasteiger charge is 2.02. The van der Waals surface area contributed by atoms with Crippen LogP contribution in [0.2, 0.25) is 0 Å². The first-order valence-corrected chi connectivity index (χ1v) is 3.73. The fourth-order valence-electron chi connectivity index (χ4n) is 0.409. The molecule has 0 aliphatic heterocycles. The van der Waals surface area contributed by atoms with Gasteiger partial charge in [-0.05, 0) is 12.8 Å². The molecule has 0 heterocycles. The number of hydrogen-bond acceptors (Lipinski definition) is 2. The van der Waals surface area contributed by atoms with Gasteiger partial charge in [0.1, 0.15) is 0 Å². The van der Waals surface area contributed by atoms with E-state index in [1.165, 1.54) is 13.3 Å². The van der Waals surface area contributed by atoms with Crippen molar-refractivity contribution in [2.24, 2.45) is 15.9 Å². The molecule has 0 N–H and O–H groups in total. The molecule has 0 aliphatic rings. The Labute approximate surface area is 67.3 Å². The summed E-state index contributed by atoms with van der Waals surface area (Å²) >= 11 is 0. The van der Waals surface area contributed by atoms with Crippen LogP contribution < -0.4 is 0 Å². The Kier molecular flexibility index (Phi) is 4.66. The predicted molar refractivity (Wildman–Crippen MR) is 47.3 cm³/mol. The molecule has 0 saturated carbocycles. The van der Waals surface area contributed by atoms with E-state index in [-0.39, 0.29) is 6.04 Å². The maximum Gasteiger partial charge on any atom is 0.226 e. The Morgan fingerprint density at radius 3 is 2.27 bits per heavy atom. The fraction of sp³-hybridized carbons (Fsp3) is 0.750. The van der Waals surface area contributed by atoms with Gasteiger partial charge in [-0.2, -0.15) is 4.39 Å². The number of hydrogen-bond donors (Lipinski definition) is 0. The molecule has 2 nitrogen and oxygen atoms in total. The summed E-state index contributed by atoms with van der Waals surface area (Å²) in [5, 5.41) is 0. The van der Waals surface area contributed by atoms with Crippen molar-refractivity contribution in [3.63, 3.8) is 0 Å². The number of nitrogens with zero attached hydrogens (tertiary/aromatic N) is 2. The minimum atomic E-state index is -0.516. The average molecular weight is 158 g/mol. The summed E-state index contributed by atoms with van der Waals surface area (Å²) in [6.45, 7) is 6.04. The third-order valence-electron chi connectivity index (χ3n) is 1.59. The van der Waals surface area contributed by atoms with Crippen LogP contribution in [0.1, 0.15) is 20.8 Å². The summed E-state index contributed by atoms with van der Waals surface area (Å²) in [5.74, 6) is -0.0755. The van der Waals surface area contributed by atoms with Gasteiger partial charge in [-0.3, -0.25) is 9.98 Å². The second-order valence-corrected chi connectivity index (χ2v) is 2.81. The molecule has 0 aromatic heterocycles. The van der Waals surface area contributed by atoms with E-state index < -0.39 is 5.97 Å². The van der Waals surface area contributed by atoms with E-state index >= 15 is 0 Å². The minimum Gasteiger partial charge on any atom is -0.285 e. The summed E-state index contributed by atoms with van der Waals surface area (Å²) in [5.41, 5.74) is 0. The molecule has 0 radical (unpaired) electrons. The molecule has 0 aromatic rings. The Balaban J connectivity index is 3.93. The smallest absolute Gasteiger partial charge is 0.226 e. The van der Waals surface area contributed by atoms with E-state index in [2.05, 4.69) is 9.98 Å². The van der Waals surface area contributed by atoms with E-state index in [1.807, 2.05) is 20.8 Å². The maximum absolute atomic E-state index is 12.4. The average Bonchev–Trinajstić information content (AvgIpc) is 1.99. The van der Waals surface area contributed by atoms with Gasteiger partial charge < -0.3 is 0 Å². The second-order valence-electron chi connectivity index (χ2n) is 2.81. The van der Waals surface area contributed by atoms with Crippen molar-refractivity contribution < 1.29 is 4.39 Å². The van der Waals surface area contributed by atoms with E-state index in [1.54, 1.807) is 0 Å². The molecule has 1 atom stereocenters. The molecule has 0 spiro atoms. The summed E-state index contributed by atoms with van der Waals surface area (Å²) in [6, 6.07) is 0.155. The molecule has 0 fully saturated rings. The van der Waals surface area contributed by atoms with Gasteiger partial charge in [-0.1, -0.05) is 13.8 Å². The van der Waals surface area contributed by atoms with Crippen LogP contribution in [-0.2, 0) is 0 Å². The molecule has 0 aromatic carbocycles. The van der Waals surface area contributed by atoms with E-state index in [4.69, 9.17) is 0 Å². The molecule has 64 valence electrons. The SMILES string of the molecule is C/N=C(F)\C=N/[C@H](C)C(C)C. The highest BCUT2D eigenvalue weighted by molar-refractivity contribution is 6.25. The maximum atomic E-state index is 12.4. The number of aliphatic imine (C=N–C) groups is 2.